The lowest BCUT2D eigenvalue weighted by Gasteiger charge is -2.13. The second-order valence-electron chi connectivity index (χ2n) is 6.24. The molecule has 0 bridgehead atoms. The number of aryl methyl sites for hydroxylation is 1. The normalized spacial score (nSPS) is 10.9. The standard InChI is InChI=1S/C20H15F2NO6/c1-23-13-9-10(29-15-4-2-3-12(21)18(15)22)5-6-11(13)19(27)17(20(23)28)14(24)7-8-16(25)26/h2-6,9,27H,7-8H2,1H3,(H,25,26). The van der Waals surface area contributed by atoms with Crippen molar-refractivity contribution in [3.05, 3.63) is 63.9 Å². The number of ketones is 1. The van der Waals surface area contributed by atoms with Gasteiger partial charge in [0.05, 0.1) is 11.9 Å². The van der Waals surface area contributed by atoms with E-state index in [0.29, 0.717) is 0 Å². The highest BCUT2D eigenvalue weighted by atomic mass is 19.2. The summed E-state index contributed by atoms with van der Waals surface area (Å²) in [5, 5.41) is 19.3. The number of ether oxygens (including phenoxy) is 1. The number of rotatable bonds is 6. The van der Waals surface area contributed by atoms with Crippen LogP contribution in [0, 0.1) is 11.6 Å². The van der Waals surface area contributed by atoms with Crippen LogP contribution in [0.5, 0.6) is 17.2 Å². The lowest BCUT2D eigenvalue weighted by Crippen LogP contribution is -2.25. The molecule has 3 aromatic rings. The third-order valence-electron chi connectivity index (χ3n) is 4.33. The minimum atomic E-state index is -1.21. The molecule has 1 heterocycles. The van der Waals surface area contributed by atoms with E-state index in [9.17, 15) is 28.3 Å². The summed E-state index contributed by atoms with van der Waals surface area (Å²) in [4.78, 5) is 35.4. The molecule has 0 aliphatic heterocycles. The van der Waals surface area contributed by atoms with Gasteiger partial charge in [0.15, 0.2) is 17.3 Å². The predicted octanol–water partition coefficient (Wildman–Crippen LogP) is 3.36. The van der Waals surface area contributed by atoms with Gasteiger partial charge in [-0.1, -0.05) is 6.07 Å². The minimum Gasteiger partial charge on any atom is -0.506 e. The zero-order chi connectivity index (χ0) is 21.3. The molecule has 2 N–H and O–H groups in total. The number of benzene rings is 2. The molecule has 0 atom stereocenters. The largest absolute Gasteiger partial charge is 0.506 e. The molecule has 0 saturated heterocycles. The van der Waals surface area contributed by atoms with Gasteiger partial charge < -0.3 is 19.5 Å². The summed E-state index contributed by atoms with van der Waals surface area (Å²) >= 11 is 0. The van der Waals surface area contributed by atoms with Crippen molar-refractivity contribution < 1.29 is 33.3 Å². The first-order chi connectivity index (χ1) is 13.7. The first kappa shape index (κ1) is 20.0. The van der Waals surface area contributed by atoms with Crippen LogP contribution in [0.3, 0.4) is 0 Å². The number of pyridine rings is 1. The Hall–Kier alpha value is -3.75. The fourth-order valence-electron chi connectivity index (χ4n) is 2.85. The van der Waals surface area contributed by atoms with E-state index in [-0.39, 0.29) is 22.4 Å². The van der Waals surface area contributed by atoms with Crippen LogP contribution >= 0.6 is 0 Å². The molecule has 7 nitrogen and oxygen atoms in total. The van der Waals surface area contributed by atoms with E-state index in [1.54, 1.807) is 0 Å². The van der Waals surface area contributed by atoms with E-state index in [4.69, 9.17) is 9.84 Å². The number of carbonyl (C=O) groups is 2. The molecule has 1 aromatic heterocycles. The minimum absolute atomic E-state index is 0.0707. The molecule has 0 unspecified atom stereocenters. The number of fused-ring (bicyclic) bond motifs is 1. The van der Waals surface area contributed by atoms with Crippen LogP contribution < -0.4 is 10.3 Å². The van der Waals surface area contributed by atoms with Gasteiger partial charge in [-0.3, -0.25) is 14.4 Å². The first-order valence-electron chi connectivity index (χ1n) is 8.43. The lowest BCUT2D eigenvalue weighted by molar-refractivity contribution is -0.136. The summed E-state index contributed by atoms with van der Waals surface area (Å²) in [6, 6.07) is 7.46. The Kier molecular flexibility index (Phi) is 5.31. The number of Topliss-reactive ketones (excluding diaryl/α,β-unsaturated/α-hetero) is 1. The van der Waals surface area contributed by atoms with E-state index in [1.807, 2.05) is 0 Å². The number of carboxylic acid groups (broad SMARTS) is 1. The third-order valence-corrected chi connectivity index (χ3v) is 4.33. The number of nitrogens with zero attached hydrogens (tertiary/aromatic N) is 1. The van der Waals surface area contributed by atoms with Crippen LogP contribution in [0.25, 0.3) is 10.9 Å². The second-order valence-corrected chi connectivity index (χ2v) is 6.24. The molecular weight excluding hydrogens is 388 g/mol. The van der Waals surface area contributed by atoms with Crippen molar-refractivity contribution in [2.75, 3.05) is 0 Å². The maximum atomic E-state index is 13.8. The maximum Gasteiger partial charge on any atom is 0.303 e. The molecule has 0 amide bonds. The zero-order valence-electron chi connectivity index (χ0n) is 15.1. The van der Waals surface area contributed by atoms with E-state index >= 15 is 0 Å². The average molecular weight is 403 g/mol. The summed E-state index contributed by atoms with van der Waals surface area (Å²) in [7, 11) is 1.35. The van der Waals surface area contributed by atoms with E-state index in [1.165, 1.54) is 37.4 Å². The highest BCUT2D eigenvalue weighted by Gasteiger charge is 2.22. The summed E-state index contributed by atoms with van der Waals surface area (Å²) in [5.74, 6) is -5.14. The van der Waals surface area contributed by atoms with Crippen LogP contribution in [0.2, 0.25) is 0 Å². The lowest BCUT2D eigenvalue weighted by atomic mass is 10.0. The van der Waals surface area contributed by atoms with Gasteiger partial charge in [-0.05, 0) is 24.3 Å². The highest BCUT2D eigenvalue weighted by molar-refractivity contribution is 6.04. The topological polar surface area (TPSA) is 106 Å². The van der Waals surface area contributed by atoms with Crippen LogP contribution in [0.1, 0.15) is 23.2 Å². The van der Waals surface area contributed by atoms with E-state index < -0.39 is 53.1 Å². The van der Waals surface area contributed by atoms with Gasteiger partial charge in [-0.15, -0.1) is 0 Å². The Labute approximate surface area is 162 Å². The maximum absolute atomic E-state index is 13.8. The van der Waals surface area contributed by atoms with Crippen LogP contribution in [0.15, 0.2) is 41.2 Å². The highest BCUT2D eigenvalue weighted by Crippen LogP contribution is 2.32. The molecular formula is C20H15F2NO6. The second kappa shape index (κ2) is 7.70. The molecule has 0 aliphatic rings. The molecule has 2 aromatic carbocycles. The molecule has 0 radical (unpaired) electrons. The molecule has 9 heteroatoms. The van der Waals surface area contributed by atoms with Gasteiger partial charge in [0.25, 0.3) is 5.56 Å². The molecule has 0 fully saturated rings. The number of aromatic hydroxyl groups is 1. The smallest absolute Gasteiger partial charge is 0.303 e. The molecule has 150 valence electrons. The number of aromatic nitrogens is 1. The molecule has 3 rings (SSSR count). The molecule has 0 saturated carbocycles. The number of hydrogen-bond donors (Lipinski definition) is 2. The van der Waals surface area contributed by atoms with Crippen LogP contribution in [0.4, 0.5) is 8.78 Å². The quantitative estimate of drug-likeness (QED) is 0.612. The third kappa shape index (κ3) is 3.79. The van der Waals surface area contributed by atoms with Crippen molar-refractivity contribution in [2.45, 2.75) is 12.8 Å². The van der Waals surface area contributed by atoms with E-state index in [0.717, 1.165) is 10.6 Å². The molecule has 29 heavy (non-hydrogen) atoms. The Bertz CT molecular complexity index is 1200. The van der Waals surface area contributed by atoms with Gasteiger partial charge in [0.1, 0.15) is 17.1 Å². The summed E-state index contributed by atoms with van der Waals surface area (Å²) < 4.78 is 33.6. The van der Waals surface area contributed by atoms with Gasteiger partial charge >= 0.3 is 5.97 Å². The average Bonchev–Trinajstić information content (AvgIpc) is 2.68. The number of carbonyl (C=O) groups excluding carboxylic acids is 1. The Morgan fingerprint density at radius 3 is 2.55 bits per heavy atom. The van der Waals surface area contributed by atoms with Gasteiger partial charge in [-0.25, -0.2) is 4.39 Å². The van der Waals surface area contributed by atoms with E-state index in [2.05, 4.69) is 0 Å². The molecule has 0 aliphatic carbocycles. The monoisotopic (exact) mass is 403 g/mol. The van der Waals surface area contributed by atoms with Crippen LogP contribution in [-0.4, -0.2) is 26.5 Å². The van der Waals surface area contributed by atoms with Gasteiger partial charge in [-0.2, -0.15) is 4.39 Å². The number of halogens is 2. The van der Waals surface area contributed by atoms with Crippen LogP contribution in [-0.2, 0) is 11.8 Å². The molecule has 0 spiro atoms. The van der Waals surface area contributed by atoms with Crippen molar-refractivity contribution in [3.8, 4) is 17.2 Å². The number of aliphatic carboxylic acids is 1. The Morgan fingerprint density at radius 1 is 1.14 bits per heavy atom. The summed E-state index contributed by atoms with van der Waals surface area (Å²) in [6.45, 7) is 0. The van der Waals surface area contributed by atoms with Gasteiger partial charge in [0.2, 0.25) is 5.82 Å². The van der Waals surface area contributed by atoms with Crippen molar-refractivity contribution in [3.63, 3.8) is 0 Å². The Balaban J connectivity index is 2.06. The fourth-order valence-corrected chi connectivity index (χ4v) is 2.85. The van der Waals surface area contributed by atoms with Gasteiger partial charge in [0, 0.05) is 24.9 Å². The van der Waals surface area contributed by atoms with Crippen molar-refractivity contribution >= 4 is 22.7 Å². The number of carboxylic acids is 1. The summed E-state index contributed by atoms with van der Waals surface area (Å²) in [5.41, 5.74) is -1.15. The van der Waals surface area contributed by atoms with Crippen molar-refractivity contribution in [2.24, 2.45) is 7.05 Å². The predicted molar refractivity (Wildman–Crippen MR) is 98.5 cm³/mol. The number of hydrogen-bond acceptors (Lipinski definition) is 5. The van der Waals surface area contributed by atoms with Crippen molar-refractivity contribution in [1.29, 1.82) is 0 Å². The Morgan fingerprint density at radius 2 is 1.86 bits per heavy atom. The summed E-state index contributed by atoms with van der Waals surface area (Å²) in [6.07, 6.45) is -0.922. The van der Waals surface area contributed by atoms with Crippen molar-refractivity contribution in [1.82, 2.24) is 4.57 Å². The zero-order valence-corrected chi connectivity index (χ0v) is 15.1. The SMILES string of the molecule is Cn1c(=O)c(C(=O)CCC(=O)O)c(O)c2ccc(Oc3cccc(F)c3F)cc21. The first-order valence-corrected chi connectivity index (χ1v) is 8.43. The fraction of sp³-hybridized carbons (Fsp3) is 0.150.